The minimum Gasteiger partial charge on any atom is -0.397 e. The van der Waals surface area contributed by atoms with Gasteiger partial charge in [-0.3, -0.25) is 9.48 Å². The SMILES string of the molecule is Cc1nn(C(C)C(=O)Nc2ccccc2N)c(C)c1Cl. The summed E-state index contributed by atoms with van der Waals surface area (Å²) in [7, 11) is 0. The lowest BCUT2D eigenvalue weighted by Gasteiger charge is -2.15. The molecule has 1 aromatic carbocycles. The smallest absolute Gasteiger partial charge is 0.249 e. The first-order valence-corrected chi connectivity index (χ1v) is 6.66. The molecule has 0 spiro atoms. The number of carbonyl (C=O) groups is 1. The van der Waals surface area contributed by atoms with Gasteiger partial charge in [-0.25, -0.2) is 0 Å². The first-order chi connectivity index (χ1) is 9.41. The van der Waals surface area contributed by atoms with Crippen LogP contribution in [0, 0.1) is 13.8 Å². The Balaban J connectivity index is 2.21. The Hall–Kier alpha value is -2.01. The summed E-state index contributed by atoms with van der Waals surface area (Å²) in [6.45, 7) is 5.42. The molecule has 1 unspecified atom stereocenters. The van der Waals surface area contributed by atoms with Gasteiger partial charge < -0.3 is 11.1 Å². The summed E-state index contributed by atoms with van der Waals surface area (Å²) >= 11 is 6.10. The summed E-state index contributed by atoms with van der Waals surface area (Å²) < 4.78 is 1.62. The number of nitrogen functional groups attached to an aromatic ring is 1. The quantitative estimate of drug-likeness (QED) is 0.854. The molecule has 5 nitrogen and oxygen atoms in total. The van der Waals surface area contributed by atoms with Crippen molar-refractivity contribution in [2.45, 2.75) is 26.8 Å². The Kier molecular flexibility index (Phi) is 3.99. The highest BCUT2D eigenvalue weighted by Crippen LogP contribution is 2.24. The highest BCUT2D eigenvalue weighted by molar-refractivity contribution is 6.31. The van der Waals surface area contributed by atoms with Crippen LogP contribution >= 0.6 is 11.6 Å². The van der Waals surface area contributed by atoms with Crippen molar-refractivity contribution < 1.29 is 4.79 Å². The van der Waals surface area contributed by atoms with E-state index in [0.29, 0.717) is 22.1 Å². The molecule has 1 aromatic heterocycles. The zero-order valence-corrected chi connectivity index (χ0v) is 12.4. The molecule has 3 N–H and O–H groups in total. The molecule has 0 aliphatic rings. The standard InChI is InChI=1S/C14H17ClN4O/c1-8-13(15)9(2)19(18-8)10(3)14(20)17-12-7-5-4-6-11(12)16/h4-7,10H,16H2,1-3H3,(H,17,20). The highest BCUT2D eigenvalue weighted by Gasteiger charge is 2.20. The van der Waals surface area contributed by atoms with E-state index >= 15 is 0 Å². The monoisotopic (exact) mass is 292 g/mol. The number of hydrogen-bond donors (Lipinski definition) is 2. The Labute approximate surface area is 122 Å². The van der Waals surface area contributed by atoms with Crippen molar-refractivity contribution in [1.82, 2.24) is 9.78 Å². The van der Waals surface area contributed by atoms with Crippen LogP contribution in [0.1, 0.15) is 24.4 Å². The summed E-state index contributed by atoms with van der Waals surface area (Å²) in [6, 6.07) is 6.65. The zero-order chi connectivity index (χ0) is 14.9. The molecule has 0 aliphatic heterocycles. The summed E-state index contributed by atoms with van der Waals surface area (Å²) in [5.74, 6) is -0.190. The maximum atomic E-state index is 12.3. The average molecular weight is 293 g/mol. The summed E-state index contributed by atoms with van der Waals surface area (Å²) in [6.07, 6.45) is 0. The minimum absolute atomic E-state index is 0.190. The van der Waals surface area contributed by atoms with Crippen LogP contribution in [0.4, 0.5) is 11.4 Å². The summed E-state index contributed by atoms with van der Waals surface area (Å²) in [5, 5.41) is 7.67. The van der Waals surface area contributed by atoms with Gasteiger partial charge in [-0.1, -0.05) is 23.7 Å². The van der Waals surface area contributed by atoms with E-state index < -0.39 is 6.04 Å². The number of rotatable bonds is 3. The largest absolute Gasteiger partial charge is 0.397 e. The number of hydrogen-bond acceptors (Lipinski definition) is 3. The molecule has 1 atom stereocenters. The van der Waals surface area contributed by atoms with Crippen molar-refractivity contribution in [1.29, 1.82) is 0 Å². The number of anilines is 2. The van der Waals surface area contributed by atoms with Crippen molar-refractivity contribution in [3.63, 3.8) is 0 Å². The van der Waals surface area contributed by atoms with Gasteiger partial charge in [0.15, 0.2) is 0 Å². The highest BCUT2D eigenvalue weighted by atomic mass is 35.5. The Morgan fingerprint density at radius 3 is 2.60 bits per heavy atom. The molecule has 2 rings (SSSR count). The van der Waals surface area contributed by atoms with Crippen LogP contribution in [0.5, 0.6) is 0 Å². The maximum absolute atomic E-state index is 12.3. The lowest BCUT2D eigenvalue weighted by atomic mass is 10.2. The van der Waals surface area contributed by atoms with Crippen LogP contribution in [-0.2, 0) is 4.79 Å². The maximum Gasteiger partial charge on any atom is 0.249 e. The number of halogens is 1. The lowest BCUT2D eigenvalue weighted by Crippen LogP contribution is -2.25. The lowest BCUT2D eigenvalue weighted by molar-refractivity contribution is -0.119. The minimum atomic E-state index is -0.471. The van der Waals surface area contributed by atoms with Crippen molar-refractivity contribution in [2.75, 3.05) is 11.1 Å². The fourth-order valence-corrected chi connectivity index (χ4v) is 2.10. The molecule has 0 radical (unpaired) electrons. The van der Waals surface area contributed by atoms with E-state index in [1.807, 2.05) is 26.0 Å². The average Bonchev–Trinajstić information content (AvgIpc) is 2.68. The van der Waals surface area contributed by atoms with Crippen LogP contribution < -0.4 is 11.1 Å². The van der Waals surface area contributed by atoms with E-state index in [1.54, 1.807) is 23.7 Å². The third kappa shape index (κ3) is 2.63. The van der Waals surface area contributed by atoms with Crippen LogP contribution in [0.3, 0.4) is 0 Å². The number of aromatic nitrogens is 2. The predicted octanol–water partition coefficient (Wildman–Crippen LogP) is 2.94. The van der Waals surface area contributed by atoms with Crippen LogP contribution in [0.15, 0.2) is 24.3 Å². The number of benzene rings is 1. The Bertz CT molecular complexity index is 651. The number of nitrogens with zero attached hydrogens (tertiary/aromatic N) is 2. The second-order valence-electron chi connectivity index (χ2n) is 4.68. The van der Waals surface area contributed by atoms with Gasteiger partial charge >= 0.3 is 0 Å². The first kappa shape index (κ1) is 14.4. The third-order valence-electron chi connectivity index (χ3n) is 3.20. The third-order valence-corrected chi connectivity index (χ3v) is 3.75. The normalized spacial score (nSPS) is 12.2. The molecule has 6 heteroatoms. The van der Waals surface area contributed by atoms with Crippen LogP contribution in [0.2, 0.25) is 5.02 Å². The van der Waals surface area contributed by atoms with Gasteiger partial charge in [0.1, 0.15) is 6.04 Å². The first-order valence-electron chi connectivity index (χ1n) is 6.28. The molecular weight excluding hydrogens is 276 g/mol. The van der Waals surface area contributed by atoms with Gasteiger partial charge in [-0.2, -0.15) is 5.10 Å². The Morgan fingerprint density at radius 2 is 2.05 bits per heavy atom. The summed E-state index contributed by atoms with van der Waals surface area (Å²) in [5.41, 5.74) is 8.41. The van der Waals surface area contributed by atoms with Gasteiger partial charge in [0.2, 0.25) is 5.91 Å². The summed E-state index contributed by atoms with van der Waals surface area (Å²) in [4.78, 5) is 12.3. The molecule has 0 aliphatic carbocycles. The van der Waals surface area contributed by atoms with Crippen molar-refractivity contribution >= 4 is 28.9 Å². The van der Waals surface area contributed by atoms with Crippen LogP contribution in [0.25, 0.3) is 0 Å². The molecule has 1 amide bonds. The van der Waals surface area contributed by atoms with Crippen molar-refractivity contribution in [3.05, 3.63) is 40.7 Å². The topological polar surface area (TPSA) is 72.9 Å². The fourth-order valence-electron chi connectivity index (χ4n) is 1.98. The zero-order valence-electron chi connectivity index (χ0n) is 11.6. The number of nitrogens with one attached hydrogen (secondary N) is 1. The number of carbonyl (C=O) groups excluding carboxylic acids is 1. The van der Waals surface area contributed by atoms with Gasteiger partial charge in [0, 0.05) is 0 Å². The number of amides is 1. The molecule has 20 heavy (non-hydrogen) atoms. The van der Waals surface area contributed by atoms with E-state index in [1.165, 1.54) is 0 Å². The molecule has 0 saturated heterocycles. The fraction of sp³-hybridized carbons (Fsp3) is 0.286. The number of nitrogens with two attached hydrogens (primary N) is 1. The van der Waals surface area contributed by atoms with E-state index in [-0.39, 0.29) is 5.91 Å². The molecule has 1 heterocycles. The van der Waals surface area contributed by atoms with Crippen molar-refractivity contribution in [3.8, 4) is 0 Å². The number of aryl methyl sites for hydroxylation is 1. The second-order valence-corrected chi connectivity index (χ2v) is 5.06. The molecule has 0 bridgehead atoms. The molecule has 0 saturated carbocycles. The van der Waals surface area contributed by atoms with Crippen LogP contribution in [-0.4, -0.2) is 15.7 Å². The van der Waals surface area contributed by atoms with E-state index in [0.717, 1.165) is 5.69 Å². The Morgan fingerprint density at radius 1 is 1.40 bits per heavy atom. The van der Waals surface area contributed by atoms with E-state index in [9.17, 15) is 4.79 Å². The van der Waals surface area contributed by atoms with Gasteiger partial charge in [-0.05, 0) is 32.9 Å². The number of para-hydroxylation sites is 2. The van der Waals surface area contributed by atoms with E-state index in [4.69, 9.17) is 17.3 Å². The van der Waals surface area contributed by atoms with Crippen molar-refractivity contribution in [2.24, 2.45) is 0 Å². The predicted molar refractivity (Wildman–Crippen MR) is 80.9 cm³/mol. The van der Waals surface area contributed by atoms with E-state index in [2.05, 4.69) is 10.4 Å². The van der Waals surface area contributed by atoms with Gasteiger partial charge in [-0.15, -0.1) is 0 Å². The van der Waals surface area contributed by atoms with Gasteiger partial charge in [0.25, 0.3) is 0 Å². The molecular formula is C14H17ClN4O. The molecule has 0 fully saturated rings. The van der Waals surface area contributed by atoms with Gasteiger partial charge in [0.05, 0.1) is 27.8 Å². The molecule has 106 valence electrons. The molecule has 2 aromatic rings. The second kappa shape index (κ2) is 5.54.